The van der Waals surface area contributed by atoms with Crippen LogP contribution >= 0.6 is 0 Å². The zero-order chi connectivity index (χ0) is 50.0. The summed E-state index contributed by atoms with van der Waals surface area (Å²) >= 11 is 0. The van der Waals surface area contributed by atoms with E-state index in [1.54, 1.807) is 36.4 Å². The molecule has 1 aromatic heterocycles. The number of fused-ring (bicyclic) bond motifs is 2. The predicted octanol–water partition coefficient (Wildman–Crippen LogP) is 11.5. The Bertz CT molecular complexity index is 3380. The van der Waals surface area contributed by atoms with Crippen LogP contribution in [0.25, 0.3) is 22.9 Å². The summed E-state index contributed by atoms with van der Waals surface area (Å²) in [6.07, 6.45) is -12.2. The fourth-order valence-electron chi connectivity index (χ4n) is 9.02. The molecule has 2 aliphatic heterocycles. The van der Waals surface area contributed by atoms with Gasteiger partial charge in [-0.3, -0.25) is 24.5 Å². The van der Waals surface area contributed by atoms with Gasteiger partial charge in [0.05, 0.1) is 27.9 Å². The van der Waals surface area contributed by atoms with Crippen LogP contribution in [0.15, 0.2) is 168 Å². The lowest BCUT2D eigenvalue weighted by Gasteiger charge is -2.38. The SMILES string of the molecule is CN(C)c1ccc(-c2nnc(-c3ccc(Oc4ccc(C(c5ccccc5)c5ccc(N6C(=O)c7ccc(C(c8ccc9c(c8)C(=O)NC9=O)(C(F)(F)F)C(F)(F)F)cc7C6=O)cc5)cc4)cc3)o2)cc1. The van der Waals surface area contributed by atoms with E-state index in [0.717, 1.165) is 34.0 Å². The predicted molar refractivity (Wildman–Crippen MR) is 249 cm³/mol. The number of aromatic nitrogens is 2. The molecular weight excluding hydrogens is 929 g/mol. The summed E-state index contributed by atoms with van der Waals surface area (Å²) < 4.78 is 103. The molecule has 0 fully saturated rings. The smallest absolute Gasteiger partial charge is 0.411 e. The van der Waals surface area contributed by atoms with Gasteiger partial charge in [0, 0.05) is 36.8 Å². The molecule has 2 aliphatic rings. The second kappa shape index (κ2) is 17.3. The van der Waals surface area contributed by atoms with E-state index in [-0.39, 0.29) is 11.6 Å². The molecule has 0 spiro atoms. The number of anilines is 2. The Morgan fingerprint density at radius 2 is 1.00 bits per heavy atom. The van der Waals surface area contributed by atoms with Crippen LogP contribution < -0.4 is 19.9 Å². The van der Waals surface area contributed by atoms with Crippen LogP contribution in [0.4, 0.5) is 37.7 Å². The first-order valence-electron chi connectivity index (χ1n) is 21.7. The highest BCUT2D eigenvalue weighted by Crippen LogP contribution is 2.57. The van der Waals surface area contributed by atoms with Gasteiger partial charge in [-0.1, -0.05) is 66.7 Å². The maximum atomic E-state index is 15.2. The maximum Gasteiger partial charge on any atom is 0.411 e. The van der Waals surface area contributed by atoms with Gasteiger partial charge in [0.15, 0.2) is 0 Å². The zero-order valence-corrected chi connectivity index (χ0v) is 37.2. The second-order valence-electron chi connectivity index (χ2n) is 17.0. The summed E-state index contributed by atoms with van der Waals surface area (Å²) in [5, 5.41) is 10.3. The van der Waals surface area contributed by atoms with Crippen LogP contribution in [-0.4, -0.2) is 60.3 Å². The average Bonchev–Trinajstić information content (AvgIpc) is 4.03. The Morgan fingerprint density at radius 1 is 0.535 bits per heavy atom. The van der Waals surface area contributed by atoms with E-state index in [1.165, 1.54) is 12.1 Å². The van der Waals surface area contributed by atoms with Crippen molar-refractivity contribution in [2.24, 2.45) is 0 Å². The molecule has 0 radical (unpaired) electrons. The second-order valence-corrected chi connectivity index (χ2v) is 17.0. The number of carbonyl (C=O) groups is 4. The van der Waals surface area contributed by atoms with Gasteiger partial charge in [-0.15, -0.1) is 10.2 Å². The number of ether oxygens (including phenoxy) is 1. The molecule has 0 bridgehead atoms. The van der Waals surface area contributed by atoms with Crippen LogP contribution in [0, 0.1) is 0 Å². The Kier molecular flexibility index (Phi) is 11.2. The van der Waals surface area contributed by atoms with Crippen molar-refractivity contribution in [3.8, 4) is 34.4 Å². The molecule has 1 atom stereocenters. The summed E-state index contributed by atoms with van der Waals surface area (Å²) in [6, 6.07) is 41.3. The first-order chi connectivity index (χ1) is 33.9. The van der Waals surface area contributed by atoms with Gasteiger partial charge in [0.25, 0.3) is 23.6 Å². The van der Waals surface area contributed by atoms with E-state index in [0.29, 0.717) is 64.1 Å². The largest absolute Gasteiger partial charge is 0.457 e. The number of benzene rings is 7. The Morgan fingerprint density at radius 3 is 1.55 bits per heavy atom. The fraction of sp³-hybridized carbons (Fsp3) is 0.111. The number of rotatable bonds is 11. The average molecular weight is 964 g/mol. The molecule has 3 heterocycles. The summed E-state index contributed by atoms with van der Waals surface area (Å²) in [5.41, 5.74) is -4.78. The minimum absolute atomic E-state index is 0.0183. The highest BCUT2D eigenvalue weighted by atomic mass is 19.4. The third-order valence-corrected chi connectivity index (χ3v) is 12.6. The number of amides is 4. The number of alkyl halides is 6. The molecule has 354 valence electrons. The molecule has 8 aromatic rings. The van der Waals surface area contributed by atoms with E-state index in [1.807, 2.05) is 103 Å². The third-order valence-electron chi connectivity index (χ3n) is 12.6. The Labute approximate surface area is 399 Å². The third kappa shape index (κ3) is 7.94. The molecule has 17 heteroatoms. The lowest BCUT2D eigenvalue weighted by Crippen LogP contribution is -2.55. The molecule has 4 amide bonds. The molecule has 0 aliphatic carbocycles. The minimum Gasteiger partial charge on any atom is -0.457 e. The highest BCUT2D eigenvalue weighted by molar-refractivity contribution is 6.34. The number of nitrogens with one attached hydrogen (secondary N) is 1. The molecule has 0 saturated carbocycles. The standard InChI is InChI=1S/C54H35F6N5O6/c1-64(2)37-18-10-33(11-19-37)48-62-63-49(71-48)34-14-24-40(25-15-34)70-39-22-12-32(13-23-39)45(30-6-4-3-5-7-30)31-8-20-38(21-9-31)65-50(68)42-27-17-36(29-44(42)51(65)69)52(53(55,56)57,54(58,59)60)35-16-26-41-43(28-35)47(67)61-46(41)66/h3-29,45H,1-2H3,(H,61,66,67). The highest BCUT2D eigenvalue weighted by Gasteiger charge is 2.73. The summed E-state index contributed by atoms with van der Waals surface area (Å²) in [6.45, 7) is 0. The van der Waals surface area contributed by atoms with Gasteiger partial charge >= 0.3 is 12.4 Å². The van der Waals surface area contributed by atoms with Gasteiger partial charge in [-0.25, -0.2) is 4.90 Å². The lowest BCUT2D eigenvalue weighted by atomic mass is 9.71. The van der Waals surface area contributed by atoms with Gasteiger partial charge < -0.3 is 14.1 Å². The number of hydrogen-bond donors (Lipinski definition) is 1. The number of nitrogens with zero attached hydrogens (tertiary/aromatic N) is 4. The summed E-state index contributed by atoms with van der Waals surface area (Å²) in [7, 11) is 3.91. The number of halogens is 6. The van der Waals surface area contributed by atoms with Crippen LogP contribution in [-0.2, 0) is 5.41 Å². The topological polar surface area (TPSA) is 135 Å². The van der Waals surface area contributed by atoms with Crippen molar-refractivity contribution >= 4 is 35.0 Å². The summed E-state index contributed by atoms with van der Waals surface area (Å²) in [5.74, 6) is -2.81. The number of hydrogen-bond acceptors (Lipinski definition) is 9. The summed E-state index contributed by atoms with van der Waals surface area (Å²) in [4.78, 5) is 54.9. The first kappa shape index (κ1) is 45.9. The van der Waals surface area contributed by atoms with Gasteiger partial charge in [-0.05, 0) is 125 Å². The van der Waals surface area contributed by atoms with Crippen LogP contribution in [0.5, 0.6) is 11.5 Å². The van der Waals surface area contributed by atoms with E-state index in [4.69, 9.17) is 9.15 Å². The van der Waals surface area contributed by atoms with Crippen molar-refractivity contribution in [2.75, 3.05) is 23.9 Å². The van der Waals surface area contributed by atoms with E-state index < -0.39 is 74.8 Å². The molecule has 1 unspecified atom stereocenters. The maximum absolute atomic E-state index is 15.2. The van der Waals surface area contributed by atoms with E-state index in [2.05, 4.69) is 10.2 Å². The molecule has 0 saturated heterocycles. The quantitative estimate of drug-likeness (QED) is 0.0763. The van der Waals surface area contributed by atoms with Gasteiger partial charge in [-0.2, -0.15) is 26.3 Å². The van der Waals surface area contributed by atoms with Crippen molar-refractivity contribution in [1.29, 1.82) is 0 Å². The Balaban J connectivity index is 0.890. The first-order valence-corrected chi connectivity index (χ1v) is 21.7. The van der Waals surface area contributed by atoms with Crippen molar-refractivity contribution < 1.29 is 54.7 Å². The van der Waals surface area contributed by atoms with Gasteiger partial charge in [0.1, 0.15) is 11.5 Å². The van der Waals surface area contributed by atoms with Crippen molar-refractivity contribution in [2.45, 2.75) is 23.7 Å². The number of carbonyl (C=O) groups excluding carboxylic acids is 4. The molecule has 11 nitrogen and oxygen atoms in total. The van der Waals surface area contributed by atoms with Crippen LogP contribution in [0.1, 0.15) is 75.2 Å². The van der Waals surface area contributed by atoms with E-state index in [9.17, 15) is 19.2 Å². The molecule has 10 rings (SSSR count). The molecule has 71 heavy (non-hydrogen) atoms. The molecule has 1 N–H and O–H groups in total. The molecular formula is C54H35F6N5O6. The van der Waals surface area contributed by atoms with Gasteiger partial charge in [0.2, 0.25) is 17.2 Å². The van der Waals surface area contributed by atoms with Crippen molar-refractivity contribution in [1.82, 2.24) is 15.5 Å². The molecule has 7 aromatic carbocycles. The van der Waals surface area contributed by atoms with Crippen LogP contribution in [0.2, 0.25) is 0 Å². The fourth-order valence-corrected chi connectivity index (χ4v) is 9.02. The monoisotopic (exact) mass is 963 g/mol. The lowest BCUT2D eigenvalue weighted by molar-refractivity contribution is -0.288. The van der Waals surface area contributed by atoms with Crippen molar-refractivity contribution in [3.63, 3.8) is 0 Å². The number of imide groups is 2. The normalized spacial score (nSPS) is 14.1. The van der Waals surface area contributed by atoms with Crippen molar-refractivity contribution in [3.05, 3.63) is 214 Å². The zero-order valence-electron chi connectivity index (χ0n) is 37.2. The Hall–Kier alpha value is -8.86. The van der Waals surface area contributed by atoms with E-state index >= 15 is 26.3 Å². The van der Waals surface area contributed by atoms with Crippen LogP contribution in [0.3, 0.4) is 0 Å². The minimum atomic E-state index is -6.09.